The summed E-state index contributed by atoms with van der Waals surface area (Å²) in [6.45, 7) is 5.31. The summed E-state index contributed by atoms with van der Waals surface area (Å²) in [4.78, 5) is 26.0. The van der Waals surface area contributed by atoms with E-state index in [1.54, 1.807) is 0 Å². The standard InChI is InChI=1S/C20H29N3O2/c1-15-13-18(15)20(25)21-10-9-19(24)22-14-16-5-7-17(8-6-16)23-11-3-2-4-12-23/h5-8,15,18H,2-4,9-14H2,1H3,(H,21,25)(H,22,24)/t15-,18+/m0/s1. The number of anilines is 1. The van der Waals surface area contributed by atoms with Gasteiger partial charge >= 0.3 is 0 Å². The highest BCUT2D eigenvalue weighted by Crippen LogP contribution is 2.37. The van der Waals surface area contributed by atoms with Gasteiger partial charge in [0.15, 0.2) is 0 Å². The number of nitrogens with zero attached hydrogens (tertiary/aromatic N) is 1. The summed E-state index contributed by atoms with van der Waals surface area (Å²) in [6, 6.07) is 8.45. The minimum absolute atomic E-state index is 0.0238. The van der Waals surface area contributed by atoms with E-state index in [4.69, 9.17) is 0 Å². The van der Waals surface area contributed by atoms with Gasteiger partial charge in [0, 0.05) is 44.2 Å². The molecule has 5 heteroatoms. The number of rotatable bonds is 7. The molecule has 1 aromatic rings. The lowest BCUT2D eigenvalue weighted by atomic mass is 10.1. The zero-order valence-corrected chi connectivity index (χ0v) is 15.1. The van der Waals surface area contributed by atoms with Gasteiger partial charge in [-0.1, -0.05) is 19.1 Å². The predicted octanol–water partition coefficient (Wildman–Crippen LogP) is 2.46. The number of carbonyl (C=O) groups excluding carboxylic acids is 2. The zero-order valence-electron chi connectivity index (χ0n) is 15.1. The minimum atomic E-state index is -0.0238. The fourth-order valence-electron chi connectivity index (χ4n) is 3.38. The van der Waals surface area contributed by atoms with Crippen LogP contribution in [0, 0.1) is 11.8 Å². The van der Waals surface area contributed by atoms with Gasteiger partial charge in [0.1, 0.15) is 0 Å². The molecule has 0 aromatic heterocycles. The van der Waals surface area contributed by atoms with Crippen LogP contribution in [0.5, 0.6) is 0 Å². The molecule has 2 aliphatic rings. The zero-order chi connectivity index (χ0) is 17.6. The van der Waals surface area contributed by atoms with E-state index in [0.29, 0.717) is 25.4 Å². The first kappa shape index (κ1) is 17.8. The van der Waals surface area contributed by atoms with Crippen LogP contribution in [0.3, 0.4) is 0 Å². The number of benzene rings is 1. The first-order valence-electron chi connectivity index (χ1n) is 9.52. The van der Waals surface area contributed by atoms with Gasteiger partial charge in [0.2, 0.25) is 11.8 Å². The molecule has 1 aromatic carbocycles. The summed E-state index contributed by atoms with van der Waals surface area (Å²) in [5, 5.41) is 5.76. The van der Waals surface area contributed by atoms with Crippen LogP contribution in [0.25, 0.3) is 0 Å². The Morgan fingerprint density at radius 3 is 2.40 bits per heavy atom. The molecule has 0 bridgehead atoms. The Kier molecular flexibility index (Phi) is 5.95. The molecule has 1 saturated heterocycles. The summed E-state index contributed by atoms with van der Waals surface area (Å²) in [5.41, 5.74) is 2.37. The molecule has 1 saturated carbocycles. The van der Waals surface area contributed by atoms with Gasteiger partial charge in [-0.15, -0.1) is 0 Å². The van der Waals surface area contributed by atoms with Crippen LogP contribution in [0.2, 0.25) is 0 Å². The molecule has 0 spiro atoms. The maximum Gasteiger partial charge on any atom is 0.223 e. The Morgan fingerprint density at radius 1 is 1.08 bits per heavy atom. The second kappa shape index (κ2) is 8.37. The molecule has 3 rings (SSSR count). The maximum atomic E-state index is 11.9. The monoisotopic (exact) mass is 343 g/mol. The van der Waals surface area contributed by atoms with Crippen molar-refractivity contribution in [3.63, 3.8) is 0 Å². The Labute approximate surface area is 150 Å². The summed E-state index contributed by atoms with van der Waals surface area (Å²) >= 11 is 0. The molecule has 25 heavy (non-hydrogen) atoms. The molecule has 1 heterocycles. The van der Waals surface area contributed by atoms with Crippen molar-refractivity contribution in [3.8, 4) is 0 Å². The van der Waals surface area contributed by atoms with Crippen molar-refractivity contribution >= 4 is 17.5 Å². The Morgan fingerprint density at radius 2 is 1.76 bits per heavy atom. The van der Waals surface area contributed by atoms with E-state index < -0.39 is 0 Å². The van der Waals surface area contributed by atoms with E-state index in [9.17, 15) is 9.59 Å². The van der Waals surface area contributed by atoms with Gasteiger partial charge in [0.25, 0.3) is 0 Å². The van der Waals surface area contributed by atoms with Crippen LogP contribution in [-0.2, 0) is 16.1 Å². The van der Waals surface area contributed by atoms with Gasteiger partial charge < -0.3 is 15.5 Å². The lowest BCUT2D eigenvalue weighted by Gasteiger charge is -2.28. The summed E-state index contributed by atoms with van der Waals surface area (Å²) in [7, 11) is 0. The summed E-state index contributed by atoms with van der Waals surface area (Å²) < 4.78 is 0. The number of piperidine rings is 1. The van der Waals surface area contributed by atoms with Crippen LogP contribution in [-0.4, -0.2) is 31.4 Å². The summed E-state index contributed by atoms with van der Waals surface area (Å²) in [6.07, 6.45) is 5.19. The maximum absolute atomic E-state index is 11.9. The van der Waals surface area contributed by atoms with E-state index in [1.165, 1.54) is 24.9 Å². The van der Waals surface area contributed by atoms with Gasteiger partial charge in [0.05, 0.1) is 0 Å². The Hall–Kier alpha value is -2.04. The fourth-order valence-corrected chi connectivity index (χ4v) is 3.38. The molecule has 5 nitrogen and oxygen atoms in total. The Bertz CT molecular complexity index is 593. The molecule has 2 amide bonds. The minimum Gasteiger partial charge on any atom is -0.372 e. The largest absolute Gasteiger partial charge is 0.372 e. The first-order chi connectivity index (χ1) is 12.1. The molecule has 2 atom stereocenters. The number of nitrogens with one attached hydrogen (secondary N) is 2. The number of amides is 2. The number of hydrogen-bond acceptors (Lipinski definition) is 3. The van der Waals surface area contributed by atoms with Crippen LogP contribution in [0.4, 0.5) is 5.69 Å². The smallest absolute Gasteiger partial charge is 0.223 e. The van der Waals surface area contributed by atoms with E-state index in [-0.39, 0.29) is 17.7 Å². The van der Waals surface area contributed by atoms with Gasteiger partial charge in [-0.05, 0) is 49.3 Å². The average Bonchev–Trinajstić information content (AvgIpc) is 3.38. The van der Waals surface area contributed by atoms with Crippen molar-refractivity contribution in [2.45, 2.75) is 45.6 Å². The van der Waals surface area contributed by atoms with Crippen molar-refractivity contribution in [3.05, 3.63) is 29.8 Å². The fraction of sp³-hybridized carbons (Fsp3) is 0.600. The first-order valence-corrected chi connectivity index (χ1v) is 9.52. The van der Waals surface area contributed by atoms with Gasteiger partial charge in [-0.25, -0.2) is 0 Å². The third kappa shape index (κ3) is 5.21. The highest BCUT2D eigenvalue weighted by molar-refractivity contribution is 5.82. The SMILES string of the molecule is C[C@H]1C[C@H]1C(=O)NCCC(=O)NCc1ccc(N2CCCCC2)cc1. The van der Waals surface area contributed by atoms with Crippen molar-refractivity contribution in [1.29, 1.82) is 0 Å². The highest BCUT2D eigenvalue weighted by atomic mass is 16.2. The molecule has 0 unspecified atom stereocenters. The number of carbonyl (C=O) groups is 2. The van der Waals surface area contributed by atoms with Crippen molar-refractivity contribution in [2.24, 2.45) is 11.8 Å². The normalized spacial score (nSPS) is 22.4. The van der Waals surface area contributed by atoms with E-state index in [2.05, 4.69) is 46.7 Å². The molecule has 1 aliphatic heterocycles. The lowest BCUT2D eigenvalue weighted by molar-refractivity contribution is -0.123. The quantitative estimate of drug-likeness (QED) is 0.799. The predicted molar refractivity (Wildman–Crippen MR) is 99.3 cm³/mol. The van der Waals surface area contributed by atoms with E-state index in [0.717, 1.165) is 25.1 Å². The second-order valence-corrected chi connectivity index (χ2v) is 7.35. The Balaban J connectivity index is 1.34. The van der Waals surface area contributed by atoms with Crippen LogP contribution < -0.4 is 15.5 Å². The number of hydrogen-bond donors (Lipinski definition) is 2. The van der Waals surface area contributed by atoms with Crippen LogP contribution >= 0.6 is 0 Å². The second-order valence-electron chi connectivity index (χ2n) is 7.35. The molecule has 2 fully saturated rings. The van der Waals surface area contributed by atoms with Crippen molar-refractivity contribution in [2.75, 3.05) is 24.5 Å². The molecular formula is C20H29N3O2. The molecule has 2 N–H and O–H groups in total. The third-order valence-electron chi connectivity index (χ3n) is 5.24. The lowest BCUT2D eigenvalue weighted by Crippen LogP contribution is -2.31. The molecule has 136 valence electrons. The van der Waals surface area contributed by atoms with Crippen molar-refractivity contribution in [1.82, 2.24) is 10.6 Å². The average molecular weight is 343 g/mol. The van der Waals surface area contributed by atoms with E-state index >= 15 is 0 Å². The van der Waals surface area contributed by atoms with E-state index in [1.807, 2.05) is 0 Å². The molecule has 1 aliphatic carbocycles. The molecular weight excluding hydrogens is 314 g/mol. The third-order valence-corrected chi connectivity index (χ3v) is 5.24. The topological polar surface area (TPSA) is 61.4 Å². The molecule has 0 radical (unpaired) electrons. The van der Waals surface area contributed by atoms with Crippen LogP contribution in [0.15, 0.2) is 24.3 Å². The highest BCUT2D eigenvalue weighted by Gasteiger charge is 2.38. The van der Waals surface area contributed by atoms with Gasteiger partial charge in [-0.3, -0.25) is 9.59 Å². The summed E-state index contributed by atoms with van der Waals surface area (Å²) in [5.74, 6) is 0.737. The van der Waals surface area contributed by atoms with Crippen LogP contribution in [0.1, 0.15) is 44.6 Å². The van der Waals surface area contributed by atoms with Gasteiger partial charge in [-0.2, -0.15) is 0 Å². The van der Waals surface area contributed by atoms with Crippen molar-refractivity contribution < 1.29 is 9.59 Å².